The molecule has 0 saturated carbocycles. The Balaban J connectivity index is 1.76. The summed E-state index contributed by atoms with van der Waals surface area (Å²) in [4.78, 5) is 7.15. The number of rotatable bonds is 6. The van der Waals surface area contributed by atoms with Crippen molar-refractivity contribution in [3.63, 3.8) is 0 Å². The Kier molecular flexibility index (Phi) is 4.87. The van der Waals surface area contributed by atoms with Crippen LogP contribution in [0, 0.1) is 0 Å². The van der Waals surface area contributed by atoms with Crippen LogP contribution in [0.4, 0.5) is 17.1 Å². The van der Waals surface area contributed by atoms with E-state index in [2.05, 4.69) is 76.4 Å². The van der Waals surface area contributed by atoms with E-state index in [1.54, 1.807) is 7.11 Å². The first-order valence-electron chi connectivity index (χ1n) is 7.99. The predicted molar refractivity (Wildman–Crippen MR) is 103 cm³/mol. The zero-order chi connectivity index (χ0) is 16.9. The van der Waals surface area contributed by atoms with Gasteiger partial charge in [0.1, 0.15) is 0 Å². The van der Waals surface area contributed by atoms with E-state index in [-0.39, 0.29) is 0 Å². The van der Waals surface area contributed by atoms with Crippen LogP contribution < -0.4 is 15.7 Å². The number of nitrogens with one attached hydrogen (secondary N) is 2. The van der Waals surface area contributed by atoms with Gasteiger partial charge in [0, 0.05) is 26.3 Å². The largest absolute Gasteiger partial charge is 0.381 e. The molecule has 3 rings (SSSR count). The number of hydrogen-bond acceptors (Lipinski definition) is 4. The van der Waals surface area contributed by atoms with Gasteiger partial charge in [-0.05, 0) is 40.6 Å². The van der Waals surface area contributed by atoms with Gasteiger partial charge in [0.05, 0.1) is 18.5 Å². The van der Waals surface area contributed by atoms with Gasteiger partial charge in [0.15, 0.2) is 0 Å². The fraction of sp³-hybridized carbons (Fsp3) is 0.200. The molecule has 0 aliphatic rings. The minimum atomic E-state index is 0.754. The second-order valence-corrected chi connectivity index (χ2v) is 5.97. The van der Waals surface area contributed by atoms with Crippen LogP contribution in [-0.4, -0.2) is 21.2 Å². The van der Waals surface area contributed by atoms with E-state index in [0.29, 0.717) is 0 Å². The van der Waals surface area contributed by atoms with Gasteiger partial charge < -0.3 is 10.2 Å². The molecule has 0 radical (unpaired) electrons. The van der Waals surface area contributed by atoms with E-state index >= 15 is 0 Å². The van der Waals surface area contributed by atoms with Crippen LogP contribution in [0.3, 0.4) is 0 Å². The van der Waals surface area contributed by atoms with E-state index in [1.165, 1.54) is 16.3 Å². The van der Waals surface area contributed by atoms with Crippen molar-refractivity contribution in [1.82, 2.24) is 0 Å². The normalized spacial score (nSPS) is 10.6. The van der Waals surface area contributed by atoms with Crippen LogP contribution >= 0.6 is 0 Å². The van der Waals surface area contributed by atoms with E-state index in [1.807, 2.05) is 14.1 Å². The van der Waals surface area contributed by atoms with Crippen LogP contribution in [0.1, 0.15) is 5.56 Å². The number of anilines is 3. The lowest BCUT2D eigenvalue weighted by molar-refractivity contribution is 0.271. The molecule has 0 heterocycles. The molecule has 0 fully saturated rings. The first kappa shape index (κ1) is 16.1. The highest BCUT2D eigenvalue weighted by molar-refractivity contribution is 5.85. The van der Waals surface area contributed by atoms with Crippen LogP contribution in [0.15, 0.2) is 60.7 Å². The SMILES string of the molecule is CONc1cc(CNc2ccc3ccccc3c2)ccc1N(C)C. The fourth-order valence-electron chi connectivity index (χ4n) is 2.78. The van der Waals surface area contributed by atoms with E-state index < -0.39 is 0 Å². The van der Waals surface area contributed by atoms with Crippen molar-refractivity contribution < 1.29 is 4.84 Å². The first-order chi connectivity index (χ1) is 11.7. The van der Waals surface area contributed by atoms with E-state index in [4.69, 9.17) is 4.84 Å². The lowest BCUT2D eigenvalue weighted by Gasteiger charge is -2.19. The molecule has 0 aliphatic heterocycles. The summed E-state index contributed by atoms with van der Waals surface area (Å²) in [5.74, 6) is 0. The Labute approximate surface area is 143 Å². The third kappa shape index (κ3) is 3.60. The molecular weight excluding hydrogens is 298 g/mol. The molecule has 0 spiro atoms. The van der Waals surface area contributed by atoms with Crippen molar-refractivity contribution in [2.24, 2.45) is 0 Å². The fourth-order valence-corrected chi connectivity index (χ4v) is 2.78. The van der Waals surface area contributed by atoms with Gasteiger partial charge in [-0.1, -0.05) is 36.4 Å². The molecule has 2 N–H and O–H groups in total. The van der Waals surface area contributed by atoms with Crippen LogP contribution in [0.25, 0.3) is 10.8 Å². The molecule has 24 heavy (non-hydrogen) atoms. The molecule has 0 saturated heterocycles. The van der Waals surface area contributed by atoms with Crippen molar-refractivity contribution in [1.29, 1.82) is 0 Å². The first-order valence-corrected chi connectivity index (χ1v) is 7.99. The lowest BCUT2D eigenvalue weighted by Crippen LogP contribution is -2.12. The summed E-state index contributed by atoms with van der Waals surface area (Å²) < 4.78 is 0. The summed E-state index contributed by atoms with van der Waals surface area (Å²) in [6, 6.07) is 21.2. The topological polar surface area (TPSA) is 36.5 Å². The van der Waals surface area contributed by atoms with Crippen molar-refractivity contribution >= 4 is 27.8 Å². The maximum atomic E-state index is 5.09. The molecule has 4 nitrogen and oxygen atoms in total. The minimum Gasteiger partial charge on any atom is -0.381 e. The number of benzene rings is 3. The maximum absolute atomic E-state index is 5.09. The highest BCUT2D eigenvalue weighted by Gasteiger charge is 2.06. The average molecular weight is 321 g/mol. The molecule has 3 aromatic rings. The van der Waals surface area contributed by atoms with Crippen molar-refractivity contribution in [2.45, 2.75) is 6.54 Å². The van der Waals surface area contributed by atoms with Crippen LogP contribution in [-0.2, 0) is 11.4 Å². The summed E-state index contributed by atoms with van der Waals surface area (Å²) in [6.45, 7) is 0.754. The minimum absolute atomic E-state index is 0.754. The van der Waals surface area contributed by atoms with Gasteiger partial charge in [-0.25, -0.2) is 0 Å². The Morgan fingerprint density at radius 2 is 1.71 bits per heavy atom. The molecular formula is C20H23N3O. The average Bonchev–Trinajstić information content (AvgIpc) is 2.60. The monoisotopic (exact) mass is 321 g/mol. The third-order valence-electron chi connectivity index (χ3n) is 4.00. The Morgan fingerprint density at radius 1 is 0.917 bits per heavy atom. The second-order valence-electron chi connectivity index (χ2n) is 5.97. The van der Waals surface area contributed by atoms with E-state index in [9.17, 15) is 0 Å². The predicted octanol–water partition coefficient (Wildman–Crippen LogP) is 4.49. The Hall–Kier alpha value is -2.72. The molecule has 0 bridgehead atoms. The summed E-state index contributed by atoms with van der Waals surface area (Å²) in [6.07, 6.45) is 0. The van der Waals surface area contributed by atoms with Gasteiger partial charge in [-0.3, -0.25) is 10.3 Å². The van der Waals surface area contributed by atoms with Crippen molar-refractivity contribution in [3.05, 3.63) is 66.2 Å². The molecule has 0 unspecified atom stereocenters. The highest BCUT2D eigenvalue weighted by atomic mass is 16.6. The molecule has 0 aromatic heterocycles. The lowest BCUT2D eigenvalue weighted by atomic mass is 10.1. The van der Waals surface area contributed by atoms with Gasteiger partial charge in [-0.2, -0.15) is 0 Å². The molecule has 3 aromatic carbocycles. The third-order valence-corrected chi connectivity index (χ3v) is 4.00. The summed E-state index contributed by atoms with van der Waals surface area (Å²) >= 11 is 0. The second kappa shape index (κ2) is 7.23. The maximum Gasteiger partial charge on any atom is 0.0841 e. The van der Waals surface area contributed by atoms with Crippen molar-refractivity contribution in [2.75, 3.05) is 36.9 Å². The van der Waals surface area contributed by atoms with Gasteiger partial charge in [-0.15, -0.1) is 0 Å². The molecule has 0 aliphatic carbocycles. The van der Waals surface area contributed by atoms with E-state index in [0.717, 1.165) is 23.6 Å². The molecule has 0 amide bonds. The van der Waals surface area contributed by atoms with Crippen molar-refractivity contribution in [3.8, 4) is 0 Å². The summed E-state index contributed by atoms with van der Waals surface area (Å²) in [5.41, 5.74) is 7.30. The zero-order valence-electron chi connectivity index (χ0n) is 14.3. The quantitative estimate of drug-likeness (QED) is 0.656. The smallest absolute Gasteiger partial charge is 0.0841 e. The molecule has 0 atom stereocenters. The Bertz CT molecular complexity index is 830. The van der Waals surface area contributed by atoms with Gasteiger partial charge in [0.2, 0.25) is 0 Å². The summed E-state index contributed by atoms with van der Waals surface area (Å²) in [5, 5.41) is 5.99. The van der Waals surface area contributed by atoms with Gasteiger partial charge in [0.25, 0.3) is 0 Å². The number of fused-ring (bicyclic) bond motifs is 1. The van der Waals surface area contributed by atoms with Crippen LogP contribution in [0.2, 0.25) is 0 Å². The standard InChI is InChI=1S/C20H23N3O/c1-23(2)20-11-8-15(12-19(20)22-24-3)14-21-18-10-9-16-6-4-5-7-17(16)13-18/h4-13,21-22H,14H2,1-3H3. The molecule has 4 heteroatoms. The summed E-state index contributed by atoms with van der Waals surface area (Å²) in [7, 11) is 5.66. The van der Waals surface area contributed by atoms with Gasteiger partial charge >= 0.3 is 0 Å². The number of nitrogens with zero attached hydrogens (tertiary/aromatic N) is 1. The molecule has 124 valence electrons. The Morgan fingerprint density at radius 3 is 2.46 bits per heavy atom. The zero-order valence-corrected chi connectivity index (χ0v) is 14.3. The number of hydrogen-bond donors (Lipinski definition) is 2. The van der Waals surface area contributed by atoms with Crippen LogP contribution in [0.5, 0.6) is 0 Å². The highest BCUT2D eigenvalue weighted by Crippen LogP contribution is 2.26.